The average Bonchev–Trinajstić information content (AvgIpc) is 2.46. The molecule has 0 spiro atoms. The van der Waals surface area contributed by atoms with Gasteiger partial charge in [0.2, 0.25) is 0 Å². The van der Waals surface area contributed by atoms with Crippen LogP contribution in [0, 0.1) is 5.92 Å². The second-order valence-corrected chi connectivity index (χ2v) is 5.08. The maximum absolute atomic E-state index is 12.5. The van der Waals surface area contributed by atoms with Crippen molar-refractivity contribution >= 4 is 5.91 Å². The van der Waals surface area contributed by atoms with Crippen LogP contribution in [-0.4, -0.2) is 38.1 Å². The second kappa shape index (κ2) is 5.95. The van der Waals surface area contributed by atoms with E-state index in [4.69, 9.17) is 9.47 Å². The van der Waals surface area contributed by atoms with Crippen LogP contribution >= 0.6 is 0 Å². The molecule has 1 saturated heterocycles. The molecular formula is C15H21NO3. The van der Waals surface area contributed by atoms with Crippen molar-refractivity contribution < 1.29 is 14.3 Å². The van der Waals surface area contributed by atoms with Gasteiger partial charge in [0.15, 0.2) is 0 Å². The van der Waals surface area contributed by atoms with Crippen molar-refractivity contribution in [2.24, 2.45) is 5.92 Å². The van der Waals surface area contributed by atoms with Crippen LogP contribution in [-0.2, 0) is 0 Å². The molecule has 19 heavy (non-hydrogen) atoms. The molecule has 0 aliphatic carbocycles. The van der Waals surface area contributed by atoms with E-state index in [0.717, 1.165) is 25.9 Å². The predicted octanol–water partition coefficient (Wildman–Crippen LogP) is 2.58. The first kappa shape index (κ1) is 13.7. The van der Waals surface area contributed by atoms with Gasteiger partial charge in [-0.3, -0.25) is 4.79 Å². The summed E-state index contributed by atoms with van der Waals surface area (Å²) in [6, 6.07) is 5.31. The summed E-state index contributed by atoms with van der Waals surface area (Å²) in [6.07, 6.45) is 2.15. The molecule has 1 heterocycles. The fourth-order valence-electron chi connectivity index (χ4n) is 2.33. The van der Waals surface area contributed by atoms with Gasteiger partial charge in [-0.15, -0.1) is 0 Å². The van der Waals surface area contributed by atoms with Crippen LogP contribution in [0.5, 0.6) is 11.5 Å². The fraction of sp³-hybridized carbons (Fsp3) is 0.533. The van der Waals surface area contributed by atoms with Gasteiger partial charge < -0.3 is 14.4 Å². The van der Waals surface area contributed by atoms with Gasteiger partial charge in [-0.2, -0.15) is 0 Å². The summed E-state index contributed by atoms with van der Waals surface area (Å²) in [5, 5.41) is 0. The normalized spacial score (nSPS) is 16.3. The molecule has 0 unspecified atom stereocenters. The first-order chi connectivity index (χ1) is 9.13. The Labute approximate surface area is 114 Å². The van der Waals surface area contributed by atoms with E-state index in [0.29, 0.717) is 23.0 Å². The standard InChI is InChI=1S/C15H21NO3/c1-11-4-6-16(7-5-11)15(17)12-8-13(18-2)10-14(9-12)19-3/h8-11H,4-7H2,1-3H3. The molecule has 1 aliphatic heterocycles. The molecule has 4 nitrogen and oxygen atoms in total. The number of nitrogens with zero attached hydrogens (tertiary/aromatic N) is 1. The maximum Gasteiger partial charge on any atom is 0.254 e. The second-order valence-electron chi connectivity index (χ2n) is 5.08. The first-order valence-electron chi connectivity index (χ1n) is 6.66. The van der Waals surface area contributed by atoms with Crippen molar-refractivity contribution in [3.05, 3.63) is 23.8 Å². The molecular weight excluding hydrogens is 242 g/mol. The third-order valence-corrected chi connectivity index (χ3v) is 3.67. The highest BCUT2D eigenvalue weighted by molar-refractivity contribution is 5.95. The zero-order valence-corrected chi connectivity index (χ0v) is 11.8. The topological polar surface area (TPSA) is 38.8 Å². The third-order valence-electron chi connectivity index (χ3n) is 3.67. The SMILES string of the molecule is COc1cc(OC)cc(C(=O)N2CCC(C)CC2)c1. The van der Waals surface area contributed by atoms with Crippen molar-refractivity contribution in [3.8, 4) is 11.5 Å². The zero-order valence-electron chi connectivity index (χ0n) is 11.8. The van der Waals surface area contributed by atoms with E-state index in [9.17, 15) is 4.79 Å². The lowest BCUT2D eigenvalue weighted by molar-refractivity contribution is 0.0696. The van der Waals surface area contributed by atoms with Crippen LogP contribution in [0.25, 0.3) is 0 Å². The Morgan fingerprint density at radius 1 is 1.11 bits per heavy atom. The molecule has 2 rings (SSSR count). The average molecular weight is 263 g/mol. The minimum Gasteiger partial charge on any atom is -0.497 e. The summed E-state index contributed by atoms with van der Waals surface area (Å²) in [5.74, 6) is 2.06. The van der Waals surface area contributed by atoms with Crippen molar-refractivity contribution in [2.45, 2.75) is 19.8 Å². The van der Waals surface area contributed by atoms with Crippen molar-refractivity contribution in [3.63, 3.8) is 0 Å². The van der Waals surface area contributed by atoms with Gasteiger partial charge in [-0.05, 0) is 30.9 Å². The molecule has 0 aromatic heterocycles. The summed E-state index contributed by atoms with van der Waals surface area (Å²) in [6.45, 7) is 3.90. The van der Waals surface area contributed by atoms with E-state index >= 15 is 0 Å². The summed E-state index contributed by atoms with van der Waals surface area (Å²) in [4.78, 5) is 14.4. The number of benzene rings is 1. The number of hydrogen-bond donors (Lipinski definition) is 0. The monoisotopic (exact) mass is 263 g/mol. The number of carbonyl (C=O) groups is 1. The van der Waals surface area contributed by atoms with Gasteiger partial charge in [0, 0.05) is 24.7 Å². The van der Waals surface area contributed by atoms with Crippen LogP contribution in [0.1, 0.15) is 30.1 Å². The quantitative estimate of drug-likeness (QED) is 0.841. The smallest absolute Gasteiger partial charge is 0.254 e. The number of amides is 1. The lowest BCUT2D eigenvalue weighted by atomic mass is 9.98. The number of carbonyl (C=O) groups excluding carboxylic acids is 1. The first-order valence-corrected chi connectivity index (χ1v) is 6.66. The lowest BCUT2D eigenvalue weighted by Crippen LogP contribution is -2.37. The molecule has 104 valence electrons. The molecule has 4 heteroatoms. The Bertz CT molecular complexity index is 428. The number of likely N-dealkylation sites (tertiary alicyclic amines) is 1. The van der Waals surface area contributed by atoms with Crippen LogP contribution in [0.2, 0.25) is 0 Å². The number of ether oxygens (including phenoxy) is 2. The Morgan fingerprint density at radius 3 is 2.11 bits per heavy atom. The van der Waals surface area contributed by atoms with E-state index in [1.165, 1.54) is 0 Å². The van der Waals surface area contributed by atoms with E-state index in [1.54, 1.807) is 32.4 Å². The van der Waals surface area contributed by atoms with Gasteiger partial charge in [-0.1, -0.05) is 6.92 Å². The molecule has 1 aromatic rings. The number of piperidine rings is 1. The van der Waals surface area contributed by atoms with Gasteiger partial charge in [-0.25, -0.2) is 0 Å². The number of methoxy groups -OCH3 is 2. The van der Waals surface area contributed by atoms with Gasteiger partial charge in [0.1, 0.15) is 11.5 Å². The Balaban J connectivity index is 2.18. The highest BCUT2D eigenvalue weighted by Gasteiger charge is 2.22. The summed E-state index contributed by atoms with van der Waals surface area (Å²) in [7, 11) is 3.18. The Morgan fingerprint density at radius 2 is 1.63 bits per heavy atom. The molecule has 1 fully saturated rings. The minimum absolute atomic E-state index is 0.0594. The van der Waals surface area contributed by atoms with Crippen LogP contribution in [0.15, 0.2) is 18.2 Å². The third kappa shape index (κ3) is 3.19. The molecule has 0 atom stereocenters. The fourth-order valence-corrected chi connectivity index (χ4v) is 2.33. The predicted molar refractivity (Wildman–Crippen MR) is 73.8 cm³/mol. The van der Waals surface area contributed by atoms with E-state index in [1.807, 2.05) is 4.90 Å². The van der Waals surface area contributed by atoms with Crippen LogP contribution in [0.4, 0.5) is 0 Å². The molecule has 1 amide bonds. The molecule has 0 radical (unpaired) electrons. The van der Waals surface area contributed by atoms with Crippen molar-refractivity contribution in [1.29, 1.82) is 0 Å². The van der Waals surface area contributed by atoms with Gasteiger partial charge in [0.05, 0.1) is 14.2 Å². The van der Waals surface area contributed by atoms with Gasteiger partial charge in [0.25, 0.3) is 5.91 Å². The molecule has 0 saturated carbocycles. The largest absolute Gasteiger partial charge is 0.497 e. The van der Waals surface area contributed by atoms with E-state index in [-0.39, 0.29) is 5.91 Å². The van der Waals surface area contributed by atoms with Crippen LogP contribution < -0.4 is 9.47 Å². The minimum atomic E-state index is 0.0594. The molecule has 1 aromatic carbocycles. The van der Waals surface area contributed by atoms with E-state index in [2.05, 4.69) is 6.92 Å². The number of rotatable bonds is 3. The number of hydrogen-bond acceptors (Lipinski definition) is 3. The molecule has 1 aliphatic rings. The molecule has 0 bridgehead atoms. The van der Waals surface area contributed by atoms with Crippen molar-refractivity contribution in [1.82, 2.24) is 4.90 Å². The summed E-state index contributed by atoms with van der Waals surface area (Å²) < 4.78 is 10.4. The highest BCUT2D eigenvalue weighted by Crippen LogP contribution is 2.25. The van der Waals surface area contributed by atoms with E-state index < -0.39 is 0 Å². The maximum atomic E-state index is 12.5. The zero-order chi connectivity index (χ0) is 13.8. The Hall–Kier alpha value is -1.71. The molecule has 0 N–H and O–H groups in total. The summed E-state index contributed by atoms with van der Waals surface area (Å²) >= 11 is 0. The highest BCUT2D eigenvalue weighted by atomic mass is 16.5. The van der Waals surface area contributed by atoms with Crippen LogP contribution in [0.3, 0.4) is 0 Å². The van der Waals surface area contributed by atoms with Crippen molar-refractivity contribution in [2.75, 3.05) is 27.3 Å². The Kier molecular flexibility index (Phi) is 4.30. The summed E-state index contributed by atoms with van der Waals surface area (Å²) in [5.41, 5.74) is 0.630. The lowest BCUT2D eigenvalue weighted by Gasteiger charge is -2.30. The van der Waals surface area contributed by atoms with Gasteiger partial charge >= 0.3 is 0 Å².